The lowest BCUT2D eigenvalue weighted by Crippen LogP contribution is -2.47. The van der Waals surface area contributed by atoms with E-state index in [1.165, 1.54) is 6.07 Å². The van der Waals surface area contributed by atoms with Gasteiger partial charge in [0.05, 0.1) is 0 Å². The van der Waals surface area contributed by atoms with Crippen molar-refractivity contribution in [1.29, 1.82) is 0 Å². The Kier molecular flexibility index (Phi) is 3.94. The molecule has 0 aliphatic carbocycles. The number of carbonyl (C=O) groups is 2. The van der Waals surface area contributed by atoms with Crippen molar-refractivity contribution < 1.29 is 32.4 Å². The molecular weight excluding hydrogens is 317 g/mol. The van der Waals surface area contributed by atoms with Crippen LogP contribution in [0.4, 0.5) is 13.2 Å². The SMILES string of the molecule is CC(C)(C)c1cc(C(=O)N2CCC(C(=O)O)(C(F)(F)F)C2)no1. The smallest absolute Gasteiger partial charge is 0.406 e. The van der Waals surface area contributed by atoms with E-state index in [-0.39, 0.29) is 12.2 Å². The summed E-state index contributed by atoms with van der Waals surface area (Å²) >= 11 is 0. The Labute approximate surface area is 130 Å². The van der Waals surface area contributed by atoms with E-state index in [4.69, 9.17) is 9.63 Å². The summed E-state index contributed by atoms with van der Waals surface area (Å²) in [6.45, 7) is 4.26. The first-order valence-corrected chi connectivity index (χ1v) is 6.95. The number of nitrogens with zero attached hydrogens (tertiary/aromatic N) is 2. The zero-order valence-electron chi connectivity index (χ0n) is 12.9. The minimum absolute atomic E-state index is 0.127. The third-order valence-corrected chi connectivity index (χ3v) is 3.98. The van der Waals surface area contributed by atoms with Gasteiger partial charge in [-0.15, -0.1) is 0 Å². The molecule has 9 heteroatoms. The first-order chi connectivity index (χ1) is 10.4. The summed E-state index contributed by atoms with van der Waals surface area (Å²) in [5.41, 5.74) is -3.47. The van der Waals surface area contributed by atoms with Crippen molar-refractivity contribution in [1.82, 2.24) is 10.1 Å². The number of likely N-dealkylation sites (tertiary alicyclic amines) is 1. The van der Waals surface area contributed by atoms with Crippen LogP contribution in [0.2, 0.25) is 0 Å². The topological polar surface area (TPSA) is 83.6 Å². The lowest BCUT2D eigenvalue weighted by atomic mass is 9.86. The molecule has 0 radical (unpaired) electrons. The second-order valence-corrected chi connectivity index (χ2v) is 6.69. The second kappa shape index (κ2) is 5.24. The molecule has 1 aromatic heterocycles. The van der Waals surface area contributed by atoms with Crippen molar-refractivity contribution >= 4 is 11.9 Å². The molecule has 0 spiro atoms. The van der Waals surface area contributed by atoms with Gasteiger partial charge in [-0.3, -0.25) is 9.59 Å². The molecule has 2 rings (SSSR count). The van der Waals surface area contributed by atoms with Crippen LogP contribution in [-0.2, 0) is 10.2 Å². The van der Waals surface area contributed by atoms with Gasteiger partial charge in [0, 0.05) is 24.6 Å². The molecule has 1 aliphatic heterocycles. The third kappa shape index (κ3) is 2.91. The summed E-state index contributed by atoms with van der Waals surface area (Å²) in [5.74, 6) is -2.33. The van der Waals surface area contributed by atoms with Crippen LogP contribution in [0, 0.1) is 5.41 Å². The number of halogens is 3. The Morgan fingerprint density at radius 3 is 2.35 bits per heavy atom. The van der Waals surface area contributed by atoms with E-state index in [1.807, 2.05) is 20.8 Å². The highest BCUT2D eigenvalue weighted by molar-refractivity contribution is 5.93. The minimum atomic E-state index is -4.94. The molecule has 1 N–H and O–H groups in total. The van der Waals surface area contributed by atoms with Crippen LogP contribution >= 0.6 is 0 Å². The summed E-state index contributed by atoms with van der Waals surface area (Å²) < 4.78 is 44.4. The van der Waals surface area contributed by atoms with Gasteiger partial charge in [0.25, 0.3) is 5.91 Å². The van der Waals surface area contributed by atoms with E-state index >= 15 is 0 Å². The van der Waals surface area contributed by atoms with Gasteiger partial charge in [0.15, 0.2) is 11.1 Å². The van der Waals surface area contributed by atoms with Crippen LogP contribution in [-0.4, -0.2) is 46.3 Å². The van der Waals surface area contributed by atoms with Crippen molar-refractivity contribution in [2.75, 3.05) is 13.1 Å². The van der Waals surface area contributed by atoms with Gasteiger partial charge in [-0.1, -0.05) is 25.9 Å². The summed E-state index contributed by atoms with van der Waals surface area (Å²) in [6, 6.07) is 1.37. The Balaban J connectivity index is 2.23. The standard InChI is InChI=1S/C14H17F3N2O4/c1-12(2,3)9-6-8(18-23-9)10(20)19-5-4-13(7-19,11(21)22)14(15,16)17/h6H,4-5,7H2,1-3H3,(H,21,22). The largest absolute Gasteiger partial charge is 0.481 e. The van der Waals surface area contributed by atoms with Crippen molar-refractivity contribution in [2.24, 2.45) is 5.41 Å². The number of rotatable bonds is 2. The maximum atomic E-state index is 13.1. The van der Waals surface area contributed by atoms with E-state index in [2.05, 4.69) is 5.16 Å². The van der Waals surface area contributed by atoms with Gasteiger partial charge in [-0.25, -0.2) is 0 Å². The summed E-state index contributed by atoms with van der Waals surface area (Å²) in [5, 5.41) is 12.6. The molecule has 1 saturated heterocycles. The van der Waals surface area contributed by atoms with Crippen LogP contribution in [0.1, 0.15) is 43.4 Å². The van der Waals surface area contributed by atoms with Gasteiger partial charge in [0.1, 0.15) is 5.76 Å². The van der Waals surface area contributed by atoms with E-state index in [0.717, 1.165) is 4.90 Å². The highest BCUT2D eigenvalue weighted by Gasteiger charge is 2.64. The van der Waals surface area contributed by atoms with Crippen molar-refractivity contribution in [2.45, 2.75) is 38.8 Å². The average Bonchev–Trinajstić information content (AvgIpc) is 3.04. The van der Waals surface area contributed by atoms with Gasteiger partial charge in [-0.2, -0.15) is 13.2 Å². The number of alkyl halides is 3. The molecule has 23 heavy (non-hydrogen) atoms. The highest BCUT2D eigenvalue weighted by atomic mass is 19.4. The number of amides is 1. The maximum absolute atomic E-state index is 13.1. The van der Waals surface area contributed by atoms with Crippen LogP contribution < -0.4 is 0 Å². The normalized spacial score (nSPS) is 22.4. The quantitative estimate of drug-likeness (QED) is 0.898. The first-order valence-electron chi connectivity index (χ1n) is 6.95. The van der Waals surface area contributed by atoms with Gasteiger partial charge < -0.3 is 14.5 Å². The Bertz CT molecular complexity index is 633. The number of carboxylic acid groups (broad SMARTS) is 1. The zero-order chi connectivity index (χ0) is 17.6. The molecule has 0 aromatic carbocycles. The molecule has 6 nitrogen and oxygen atoms in total. The summed E-state index contributed by atoms with van der Waals surface area (Å²) in [6.07, 6.45) is -5.62. The van der Waals surface area contributed by atoms with Gasteiger partial charge in [0.2, 0.25) is 0 Å². The van der Waals surface area contributed by atoms with E-state index in [1.54, 1.807) is 0 Å². The Morgan fingerprint density at radius 1 is 1.35 bits per heavy atom. The number of hydrogen-bond acceptors (Lipinski definition) is 4. The first kappa shape index (κ1) is 17.3. The predicted molar refractivity (Wildman–Crippen MR) is 71.8 cm³/mol. The molecule has 128 valence electrons. The van der Waals surface area contributed by atoms with Crippen LogP contribution in [0.15, 0.2) is 10.6 Å². The molecule has 1 atom stereocenters. The maximum Gasteiger partial charge on any atom is 0.406 e. The fourth-order valence-corrected chi connectivity index (χ4v) is 2.40. The molecule has 1 fully saturated rings. The summed E-state index contributed by atoms with van der Waals surface area (Å²) in [4.78, 5) is 24.2. The molecule has 1 aliphatic rings. The number of hydrogen-bond donors (Lipinski definition) is 1. The fraction of sp³-hybridized carbons (Fsp3) is 0.643. The number of aromatic nitrogens is 1. The Morgan fingerprint density at radius 2 is 1.96 bits per heavy atom. The van der Waals surface area contributed by atoms with Crippen LogP contribution in [0.25, 0.3) is 0 Å². The van der Waals surface area contributed by atoms with Crippen molar-refractivity contribution in [3.05, 3.63) is 17.5 Å². The van der Waals surface area contributed by atoms with Crippen molar-refractivity contribution in [3.63, 3.8) is 0 Å². The molecule has 0 saturated carbocycles. The van der Waals surface area contributed by atoms with Crippen LogP contribution in [0.5, 0.6) is 0 Å². The molecule has 2 heterocycles. The van der Waals surface area contributed by atoms with E-state index < -0.39 is 41.8 Å². The number of aliphatic carboxylic acids is 1. The lowest BCUT2D eigenvalue weighted by Gasteiger charge is -2.26. The monoisotopic (exact) mass is 334 g/mol. The van der Waals surface area contributed by atoms with E-state index in [0.29, 0.717) is 5.76 Å². The molecule has 1 amide bonds. The fourth-order valence-electron chi connectivity index (χ4n) is 2.40. The molecular formula is C14H17F3N2O4. The minimum Gasteiger partial charge on any atom is -0.481 e. The highest BCUT2D eigenvalue weighted by Crippen LogP contribution is 2.46. The zero-order valence-corrected chi connectivity index (χ0v) is 12.9. The average molecular weight is 334 g/mol. The number of carboxylic acids is 1. The Hall–Kier alpha value is -2.06. The lowest BCUT2D eigenvalue weighted by molar-refractivity contribution is -0.227. The molecule has 1 aromatic rings. The molecule has 0 bridgehead atoms. The van der Waals surface area contributed by atoms with Crippen molar-refractivity contribution in [3.8, 4) is 0 Å². The predicted octanol–water partition coefficient (Wildman–Crippen LogP) is 2.45. The second-order valence-electron chi connectivity index (χ2n) is 6.69. The molecule has 1 unspecified atom stereocenters. The third-order valence-electron chi connectivity index (χ3n) is 3.98. The summed E-state index contributed by atoms with van der Waals surface area (Å²) in [7, 11) is 0. The number of carbonyl (C=O) groups excluding carboxylic acids is 1. The van der Waals surface area contributed by atoms with Crippen LogP contribution in [0.3, 0.4) is 0 Å². The van der Waals surface area contributed by atoms with Gasteiger partial charge in [-0.05, 0) is 6.42 Å². The van der Waals surface area contributed by atoms with Gasteiger partial charge >= 0.3 is 12.1 Å². The van der Waals surface area contributed by atoms with E-state index in [9.17, 15) is 22.8 Å².